The highest BCUT2D eigenvalue weighted by Gasteiger charge is 2.17. The summed E-state index contributed by atoms with van der Waals surface area (Å²) >= 11 is 1.22. The van der Waals surface area contributed by atoms with Gasteiger partial charge in [0, 0.05) is 6.20 Å². The molecule has 2 aromatic rings. The summed E-state index contributed by atoms with van der Waals surface area (Å²) in [6.45, 7) is 1.96. The van der Waals surface area contributed by atoms with Crippen LogP contribution < -0.4 is 5.73 Å². The molecule has 1 atom stereocenters. The zero-order valence-electron chi connectivity index (χ0n) is 12.6. The van der Waals surface area contributed by atoms with Crippen molar-refractivity contribution in [1.29, 1.82) is 5.26 Å². The topological polar surface area (TPSA) is 102 Å². The van der Waals surface area contributed by atoms with Crippen molar-refractivity contribution < 1.29 is 9.53 Å². The van der Waals surface area contributed by atoms with Crippen LogP contribution in [0.5, 0.6) is 0 Å². The summed E-state index contributed by atoms with van der Waals surface area (Å²) in [6, 6.07) is 11.9. The third-order valence-electron chi connectivity index (χ3n) is 2.95. The Balaban J connectivity index is 2.08. The molecule has 6 nitrogen and oxygen atoms in total. The molecular weight excluding hydrogens is 312 g/mol. The molecule has 1 unspecified atom stereocenters. The van der Waals surface area contributed by atoms with Crippen LogP contribution in [0.15, 0.2) is 41.7 Å². The number of thioether (sulfide) groups is 1. The number of esters is 1. The quantitative estimate of drug-likeness (QED) is 0.493. The first-order valence-corrected chi connectivity index (χ1v) is 7.91. The fraction of sp³-hybridized carbons (Fsp3) is 0.250. The third-order valence-corrected chi connectivity index (χ3v) is 3.91. The first kappa shape index (κ1) is 16.8. The molecular formula is C16H16N4O2S. The smallest absolute Gasteiger partial charge is 0.343 e. The molecule has 0 aliphatic carbocycles. The maximum Gasteiger partial charge on any atom is 0.343 e. The molecule has 0 amide bonds. The van der Waals surface area contributed by atoms with E-state index in [1.807, 2.05) is 30.3 Å². The van der Waals surface area contributed by atoms with Crippen molar-refractivity contribution in [2.24, 2.45) is 0 Å². The number of ether oxygens (including phenoxy) is 1. The van der Waals surface area contributed by atoms with E-state index in [0.29, 0.717) is 11.6 Å². The molecule has 0 bridgehead atoms. The van der Waals surface area contributed by atoms with Gasteiger partial charge in [-0.05, 0) is 18.9 Å². The number of nitrogens with zero attached hydrogens (tertiary/aromatic N) is 3. The number of hydrogen-bond acceptors (Lipinski definition) is 7. The number of anilines is 1. The number of nitriles is 1. The number of nitrogen functional groups attached to an aromatic ring is 1. The molecule has 1 aromatic heterocycles. The van der Waals surface area contributed by atoms with Gasteiger partial charge in [0.25, 0.3) is 0 Å². The molecule has 0 aliphatic rings. The molecule has 0 spiro atoms. The van der Waals surface area contributed by atoms with E-state index >= 15 is 0 Å². The second-order valence-corrected chi connectivity index (χ2v) is 5.77. The number of benzene rings is 1. The van der Waals surface area contributed by atoms with Crippen molar-refractivity contribution in [2.45, 2.75) is 23.8 Å². The minimum absolute atomic E-state index is 0.0531. The highest BCUT2D eigenvalue weighted by atomic mass is 32.2. The Morgan fingerprint density at radius 3 is 2.78 bits per heavy atom. The highest BCUT2D eigenvalue weighted by molar-refractivity contribution is 8.00. The average Bonchev–Trinajstić information content (AvgIpc) is 2.55. The van der Waals surface area contributed by atoms with E-state index in [1.165, 1.54) is 18.0 Å². The minimum atomic E-state index is -0.553. The molecule has 23 heavy (non-hydrogen) atoms. The van der Waals surface area contributed by atoms with Gasteiger partial charge in [-0.25, -0.2) is 14.8 Å². The SMILES string of the molecule is CCOC(=O)c1cnc(SC(C#N)Cc2ccccc2)nc1N. The summed E-state index contributed by atoms with van der Waals surface area (Å²) < 4.78 is 4.87. The van der Waals surface area contributed by atoms with Gasteiger partial charge in [-0.2, -0.15) is 5.26 Å². The monoisotopic (exact) mass is 328 g/mol. The van der Waals surface area contributed by atoms with Gasteiger partial charge in [0.15, 0.2) is 5.16 Å². The van der Waals surface area contributed by atoms with Crippen LogP contribution in [0.2, 0.25) is 0 Å². The fourth-order valence-corrected chi connectivity index (χ4v) is 2.72. The summed E-state index contributed by atoms with van der Waals surface area (Å²) in [4.78, 5) is 19.8. The van der Waals surface area contributed by atoms with Gasteiger partial charge < -0.3 is 10.5 Å². The highest BCUT2D eigenvalue weighted by Crippen LogP contribution is 2.24. The van der Waals surface area contributed by atoms with E-state index in [0.717, 1.165) is 5.56 Å². The van der Waals surface area contributed by atoms with E-state index in [9.17, 15) is 10.1 Å². The Kier molecular flexibility index (Phi) is 5.94. The Morgan fingerprint density at radius 1 is 1.43 bits per heavy atom. The summed E-state index contributed by atoms with van der Waals surface area (Å²) in [5.74, 6) is -0.500. The van der Waals surface area contributed by atoms with Gasteiger partial charge in [0.2, 0.25) is 0 Å². The van der Waals surface area contributed by atoms with Crippen LogP contribution in [0, 0.1) is 11.3 Å². The Labute approximate surface area is 138 Å². The molecule has 118 valence electrons. The van der Waals surface area contributed by atoms with E-state index < -0.39 is 5.97 Å². The molecule has 2 N–H and O–H groups in total. The van der Waals surface area contributed by atoms with E-state index in [-0.39, 0.29) is 23.2 Å². The number of hydrogen-bond donors (Lipinski definition) is 1. The van der Waals surface area contributed by atoms with Gasteiger partial charge in [-0.3, -0.25) is 0 Å². The van der Waals surface area contributed by atoms with Crippen molar-refractivity contribution in [3.63, 3.8) is 0 Å². The predicted octanol–water partition coefficient (Wildman–Crippen LogP) is 2.46. The summed E-state index contributed by atoms with van der Waals surface area (Å²) in [7, 11) is 0. The maximum atomic E-state index is 11.7. The van der Waals surface area contributed by atoms with Gasteiger partial charge in [0.05, 0.1) is 12.7 Å². The predicted molar refractivity (Wildman–Crippen MR) is 87.8 cm³/mol. The second kappa shape index (κ2) is 8.15. The molecule has 7 heteroatoms. The lowest BCUT2D eigenvalue weighted by Crippen LogP contribution is -2.11. The van der Waals surface area contributed by atoms with Crippen LogP contribution >= 0.6 is 11.8 Å². The number of carbonyl (C=O) groups is 1. The fourth-order valence-electron chi connectivity index (χ4n) is 1.87. The normalized spacial score (nSPS) is 11.5. The average molecular weight is 328 g/mol. The molecule has 1 aromatic carbocycles. The lowest BCUT2D eigenvalue weighted by molar-refractivity contribution is 0.0526. The molecule has 0 aliphatic heterocycles. The van der Waals surface area contributed by atoms with E-state index in [1.54, 1.807) is 6.92 Å². The summed E-state index contributed by atoms with van der Waals surface area (Å²) in [6.07, 6.45) is 1.91. The number of aromatic nitrogens is 2. The molecule has 1 heterocycles. The van der Waals surface area contributed by atoms with Crippen LogP contribution in [0.1, 0.15) is 22.8 Å². The van der Waals surface area contributed by atoms with E-state index in [2.05, 4.69) is 16.0 Å². The van der Waals surface area contributed by atoms with Crippen LogP contribution in [-0.4, -0.2) is 27.8 Å². The third kappa shape index (κ3) is 4.69. The molecule has 0 saturated heterocycles. The maximum absolute atomic E-state index is 11.7. The standard InChI is InChI=1S/C16H16N4O2S/c1-2-22-15(21)13-10-19-16(20-14(13)18)23-12(9-17)8-11-6-4-3-5-7-11/h3-7,10,12H,2,8H2,1H3,(H2,18,19,20). The lowest BCUT2D eigenvalue weighted by atomic mass is 10.1. The zero-order valence-corrected chi connectivity index (χ0v) is 13.4. The van der Waals surface area contributed by atoms with Crippen molar-refractivity contribution in [3.8, 4) is 6.07 Å². The van der Waals surface area contributed by atoms with Crippen molar-refractivity contribution in [2.75, 3.05) is 12.3 Å². The molecule has 0 radical (unpaired) electrons. The van der Waals surface area contributed by atoms with Gasteiger partial charge in [-0.1, -0.05) is 42.1 Å². The van der Waals surface area contributed by atoms with E-state index in [4.69, 9.17) is 10.5 Å². The van der Waals surface area contributed by atoms with Crippen molar-refractivity contribution >= 4 is 23.5 Å². The Bertz CT molecular complexity index is 716. The van der Waals surface area contributed by atoms with Gasteiger partial charge in [-0.15, -0.1) is 0 Å². The van der Waals surface area contributed by atoms with Gasteiger partial charge in [0.1, 0.15) is 16.6 Å². The first-order valence-electron chi connectivity index (χ1n) is 7.03. The Hall–Kier alpha value is -2.59. The second-order valence-electron chi connectivity index (χ2n) is 4.60. The van der Waals surface area contributed by atoms with Crippen LogP contribution in [0.25, 0.3) is 0 Å². The number of nitrogens with two attached hydrogens (primary N) is 1. The summed E-state index contributed by atoms with van der Waals surface area (Å²) in [5.41, 5.74) is 6.96. The molecule has 0 fully saturated rings. The largest absolute Gasteiger partial charge is 0.462 e. The molecule has 0 saturated carbocycles. The van der Waals surface area contributed by atoms with Crippen molar-refractivity contribution in [1.82, 2.24) is 9.97 Å². The zero-order chi connectivity index (χ0) is 16.7. The molecule has 2 rings (SSSR count). The first-order chi connectivity index (χ1) is 11.1. The number of carbonyl (C=O) groups excluding carboxylic acids is 1. The number of rotatable bonds is 6. The van der Waals surface area contributed by atoms with Crippen LogP contribution in [0.3, 0.4) is 0 Å². The van der Waals surface area contributed by atoms with Crippen LogP contribution in [0.4, 0.5) is 5.82 Å². The summed E-state index contributed by atoms with van der Waals surface area (Å²) in [5, 5.41) is 9.32. The van der Waals surface area contributed by atoms with Crippen LogP contribution in [-0.2, 0) is 11.2 Å². The Morgan fingerprint density at radius 2 is 2.17 bits per heavy atom. The van der Waals surface area contributed by atoms with Gasteiger partial charge >= 0.3 is 5.97 Å². The van der Waals surface area contributed by atoms with Crippen molar-refractivity contribution in [3.05, 3.63) is 47.7 Å². The minimum Gasteiger partial charge on any atom is -0.462 e. The lowest BCUT2D eigenvalue weighted by Gasteiger charge is -2.09.